The molecular weight excluding hydrogens is 409 g/mol. The van der Waals surface area contributed by atoms with Crippen LogP contribution < -0.4 is 0 Å². The first-order valence-electron chi connectivity index (χ1n) is 10.0. The first kappa shape index (κ1) is 24.6. The second-order valence-corrected chi connectivity index (χ2v) is 8.77. The highest BCUT2D eigenvalue weighted by Crippen LogP contribution is 2.36. The van der Waals surface area contributed by atoms with Gasteiger partial charge < -0.3 is 24.2 Å². The number of hydrogen-bond donors (Lipinski definition) is 1. The number of carbonyl (C=O) groups excluding carboxylic acids is 3. The quantitative estimate of drug-likeness (QED) is 0.556. The van der Waals surface area contributed by atoms with Gasteiger partial charge in [0.25, 0.3) is 0 Å². The van der Waals surface area contributed by atoms with Crippen molar-refractivity contribution in [3.8, 4) is 0 Å². The summed E-state index contributed by atoms with van der Waals surface area (Å²) in [6, 6.07) is 2.22. The van der Waals surface area contributed by atoms with E-state index >= 15 is 0 Å². The van der Waals surface area contributed by atoms with Crippen molar-refractivity contribution in [2.75, 3.05) is 33.9 Å². The molecule has 0 radical (unpaired) electrons. The number of ether oxygens (including phenoxy) is 3. The van der Waals surface area contributed by atoms with Crippen LogP contribution in [0.1, 0.15) is 59.9 Å². The molecule has 1 aliphatic rings. The molecule has 1 saturated heterocycles. The first-order chi connectivity index (χ1) is 14.4. The molecule has 31 heavy (non-hydrogen) atoms. The van der Waals surface area contributed by atoms with Gasteiger partial charge in [0.05, 0.1) is 25.3 Å². The van der Waals surface area contributed by atoms with E-state index in [-0.39, 0.29) is 29.7 Å². The molecule has 0 aromatic heterocycles. The van der Waals surface area contributed by atoms with Gasteiger partial charge in [-0.2, -0.15) is 0 Å². The van der Waals surface area contributed by atoms with Crippen LogP contribution in [0.4, 0.5) is 9.18 Å². The van der Waals surface area contributed by atoms with Crippen molar-refractivity contribution >= 4 is 18.0 Å². The third-order valence-electron chi connectivity index (χ3n) is 5.37. The highest BCUT2D eigenvalue weighted by Gasteiger charge is 2.38. The Kier molecular flexibility index (Phi) is 7.64. The largest absolute Gasteiger partial charge is 0.465 e. The van der Waals surface area contributed by atoms with Crippen molar-refractivity contribution in [1.29, 1.82) is 0 Å². The summed E-state index contributed by atoms with van der Waals surface area (Å²) in [6.07, 6.45) is 0.548. The van der Waals surface area contributed by atoms with Crippen LogP contribution in [0.25, 0.3) is 0 Å². The molecule has 1 aliphatic heterocycles. The van der Waals surface area contributed by atoms with E-state index in [4.69, 9.17) is 9.47 Å². The van der Waals surface area contributed by atoms with E-state index in [1.54, 1.807) is 25.7 Å². The standard InChI is InChI=1S/C22H30FNO7/c1-21(2,3)31-20(28)24-8-6-22(13-25,7-9-24)12-14-10-15(18(26)29-4)16(11-17(14)23)19(27)30-5/h10-11,25H,6-9,12-13H2,1-5H3. The maximum absolute atomic E-state index is 14.8. The number of esters is 2. The Balaban J connectivity index is 2.25. The fourth-order valence-corrected chi connectivity index (χ4v) is 3.60. The minimum atomic E-state index is -0.853. The molecule has 0 atom stereocenters. The molecule has 0 unspecified atom stereocenters. The second kappa shape index (κ2) is 9.64. The third-order valence-corrected chi connectivity index (χ3v) is 5.37. The summed E-state index contributed by atoms with van der Waals surface area (Å²) in [4.78, 5) is 37.9. The number of methoxy groups -OCH3 is 2. The van der Waals surface area contributed by atoms with E-state index in [0.29, 0.717) is 25.9 Å². The Bertz CT molecular complexity index is 839. The summed E-state index contributed by atoms with van der Waals surface area (Å²) in [6.45, 7) is 5.83. The van der Waals surface area contributed by atoms with Crippen molar-refractivity contribution in [2.24, 2.45) is 5.41 Å². The molecule has 1 fully saturated rings. The molecule has 1 N–H and O–H groups in total. The summed E-state index contributed by atoms with van der Waals surface area (Å²) in [7, 11) is 2.29. The van der Waals surface area contributed by atoms with Gasteiger partial charge in [0, 0.05) is 25.1 Å². The third kappa shape index (κ3) is 5.94. The van der Waals surface area contributed by atoms with E-state index < -0.39 is 34.9 Å². The van der Waals surface area contributed by atoms with Crippen LogP contribution in [-0.4, -0.2) is 67.6 Å². The lowest BCUT2D eigenvalue weighted by atomic mass is 9.74. The molecule has 8 nitrogen and oxygen atoms in total. The highest BCUT2D eigenvalue weighted by molar-refractivity contribution is 6.03. The molecule has 1 amide bonds. The van der Waals surface area contributed by atoms with Gasteiger partial charge in [-0.1, -0.05) is 0 Å². The van der Waals surface area contributed by atoms with E-state index in [1.165, 1.54) is 6.07 Å². The highest BCUT2D eigenvalue weighted by atomic mass is 19.1. The first-order valence-corrected chi connectivity index (χ1v) is 10.0. The number of likely N-dealkylation sites (tertiary alicyclic amines) is 1. The minimum absolute atomic E-state index is 0.106. The van der Waals surface area contributed by atoms with E-state index in [0.717, 1.165) is 20.3 Å². The Labute approximate surface area is 181 Å². The fourth-order valence-electron chi connectivity index (χ4n) is 3.60. The molecule has 0 aliphatic carbocycles. The van der Waals surface area contributed by atoms with Crippen molar-refractivity contribution < 1.29 is 38.1 Å². The van der Waals surface area contributed by atoms with Gasteiger partial charge in [-0.05, 0) is 57.7 Å². The predicted molar refractivity (Wildman–Crippen MR) is 109 cm³/mol. The molecule has 9 heteroatoms. The van der Waals surface area contributed by atoms with Crippen molar-refractivity contribution in [1.82, 2.24) is 4.90 Å². The normalized spacial score (nSPS) is 15.9. The average molecular weight is 439 g/mol. The summed E-state index contributed by atoms with van der Waals surface area (Å²) in [5.41, 5.74) is -1.46. The van der Waals surface area contributed by atoms with E-state index in [9.17, 15) is 23.9 Å². The van der Waals surface area contributed by atoms with Gasteiger partial charge in [0.15, 0.2) is 0 Å². The number of amides is 1. The number of benzene rings is 1. The van der Waals surface area contributed by atoms with E-state index in [1.807, 2.05) is 0 Å². The summed E-state index contributed by atoms with van der Waals surface area (Å²) in [5, 5.41) is 10.1. The Morgan fingerprint density at radius 1 is 1.06 bits per heavy atom. The number of hydrogen-bond acceptors (Lipinski definition) is 7. The monoisotopic (exact) mass is 439 g/mol. The Hall–Kier alpha value is -2.68. The number of piperidine rings is 1. The van der Waals surface area contributed by atoms with Crippen LogP contribution in [0.5, 0.6) is 0 Å². The zero-order chi connectivity index (χ0) is 23.4. The number of nitrogens with zero attached hydrogens (tertiary/aromatic N) is 1. The lowest BCUT2D eigenvalue weighted by Gasteiger charge is -2.41. The minimum Gasteiger partial charge on any atom is -0.465 e. The molecule has 0 spiro atoms. The topological polar surface area (TPSA) is 102 Å². The Morgan fingerprint density at radius 2 is 1.58 bits per heavy atom. The lowest BCUT2D eigenvalue weighted by molar-refractivity contribution is -0.000406. The Morgan fingerprint density at radius 3 is 2.03 bits per heavy atom. The second-order valence-electron chi connectivity index (χ2n) is 8.77. The molecule has 2 rings (SSSR count). The number of rotatable bonds is 5. The van der Waals surface area contributed by atoms with Crippen LogP contribution >= 0.6 is 0 Å². The zero-order valence-electron chi connectivity index (χ0n) is 18.6. The van der Waals surface area contributed by atoms with Crippen LogP contribution in [-0.2, 0) is 20.6 Å². The molecule has 0 bridgehead atoms. The van der Waals surface area contributed by atoms with Crippen LogP contribution in [0.3, 0.4) is 0 Å². The smallest absolute Gasteiger partial charge is 0.410 e. The summed E-state index contributed by atoms with van der Waals surface area (Å²) in [5.74, 6) is -2.33. The van der Waals surface area contributed by atoms with Crippen molar-refractivity contribution in [2.45, 2.75) is 45.6 Å². The maximum Gasteiger partial charge on any atom is 0.410 e. The average Bonchev–Trinajstić information content (AvgIpc) is 2.72. The molecule has 172 valence electrons. The van der Waals surface area contributed by atoms with Crippen LogP contribution in [0, 0.1) is 11.2 Å². The van der Waals surface area contributed by atoms with Gasteiger partial charge in [-0.25, -0.2) is 18.8 Å². The number of halogens is 1. The van der Waals surface area contributed by atoms with Crippen LogP contribution in [0.15, 0.2) is 12.1 Å². The number of aliphatic hydroxyl groups excluding tert-OH is 1. The van der Waals surface area contributed by atoms with Gasteiger partial charge in [0.2, 0.25) is 0 Å². The summed E-state index contributed by atoms with van der Waals surface area (Å²) < 4.78 is 29.5. The maximum atomic E-state index is 14.8. The number of aliphatic hydroxyl groups is 1. The van der Waals surface area contributed by atoms with E-state index in [2.05, 4.69) is 4.74 Å². The molecule has 0 saturated carbocycles. The van der Waals surface area contributed by atoms with Crippen molar-refractivity contribution in [3.63, 3.8) is 0 Å². The van der Waals surface area contributed by atoms with Gasteiger partial charge in [-0.3, -0.25) is 0 Å². The SMILES string of the molecule is COC(=O)c1cc(F)c(CC2(CO)CCN(C(=O)OC(C)(C)C)CC2)cc1C(=O)OC. The zero-order valence-corrected chi connectivity index (χ0v) is 18.6. The number of carbonyl (C=O) groups is 3. The lowest BCUT2D eigenvalue weighted by Crippen LogP contribution is -2.47. The molecule has 1 heterocycles. The van der Waals surface area contributed by atoms with Gasteiger partial charge in [-0.15, -0.1) is 0 Å². The van der Waals surface area contributed by atoms with Crippen LogP contribution in [0.2, 0.25) is 0 Å². The van der Waals surface area contributed by atoms with Gasteiger partial charge in [0.1, 0.15) is 11.4 Å². The van der Waals surface area contributed by atoms with Gasteiger partial charge >= 0.3 is 18.0 Å². The fraction of sp³-hybridized carbons (Fsp3) is 0.591. The van der Waals surface area contributed by atoms with Crippen molar-refractivity contribution in [3.05, 3.63) is 34.6 Å². The molecule has 1 aromatic carbocycles. The predicted octanol–water partition coefficient (Wildman–Crippen LogP) is 2.95. The molecule has 1 aromatic rings. The summed E-state index contributed by atoms with van der Waals surface area (Å²) >= 11 is 0. The molecular formula is C22H30FNO7.